The summed E-state index contributed by atoms with van der Waals surface area (Å²) in [5.41, 5.74) is 0. The zero-order chi connectivity index (χ0) is 25.8. The first-order valence-electron chi connectivity index (χ1n) is 13.0. The van der Waals surface area contributed by atoms with Gasteiger partial charge in [0.25, 0.3) is 0 Å². The van der Waals surface area contributed by atoms with Crippen LogP contribution in [0.3, 0.4) is 0 Å². The van der Waals surface area contributed by atoms with Gasteiger partial charge < -0.3 is 0 Å². The molecule has 0 saturated carbocycles. The van der Waals surface area contributed by atoms with E-state index in [1.54, 1.807) is 0 Å². The molecule has 0 nitrogen and oxygen atoms in total. The van der Waals surface area contributed by atoms with Gasteiger partial charge in [0, 0.05) is 0 Å². The fourth-order valence-electron chi connectivity index (χ4n) is 4.63. The zero-order valence-corrected chi connectivity index (χ0v) is 35.9. The van der Waals surface area contributed by atoms with Gasteiger partial charge in [-0.3, -0.25) is 0 Å². The Hall–Kier alpha value is -2.51. The molecule has 0 fully saturated rings. The summed E-state index contributed by atoms with van der Waals surface area (Å²) in [6, 6.07) is 65.6. The van der Waals surface area contributed by atoms with Crippen LogP contribution in [0.1, 0.15) is 0 Å². The van der Waals surface area contributed by atoms with Crippen molar-refractivity contribution in [2.24, 2.45) is 0 Å². The zero-order valence-electron chi connectivity index (χ0n) is 23.3. The average molecular weight is 759 g/mol. The molecule has 0 amide bonds. The van der Waals surface area contributed by atoms with Crippen molar-refractivity contribution < 1.29 is 0 Å². The molecule has 6 aromatic carbocycles. The molecule has 0 N–H and O–H groups in total. The SMILES string of the molecule is [GeH3].[GeH3].c1cc[c]([Ge]([c]2ccccc2)[c]2ccccc2)cc1.c1cc[c]([Ge]([c]2ccccc2)[c]2ccccc2)cc1. The third kappa shape index (κ3) is 8.74. The summed E-state index contributed by atoms with van der Waals surface area (Å²) in [5.74, 6) is 0. The van der Waals surface area contributed by atoms with Crippen molar-refractivity contribution in [1.82, 2.24) is 0 Å². The second-order valence-electron chi connectivity index (χ2n) is 8.95. The van der Waals surface area contributed by atoms with Gasteiger partial charge >= 0.3 is 272 Å². The van der Waals surface area contributed by atoms with E-state index in [0.717, 1.165) is 0 Å². The molecule has 0 heterocycles. The van der Waals surface area contributed by atoms with Crippen molar-refractivity contribution in [3.63, 3.8) is 0 Å². The van der Waals surface area contributed by atoms with Crippen LogP contribution >= 0.6 is 0 Å². The molecule has 0 unspecified atom stereocenters. The predicted molar refractivity (Wildman–Crippen MR) is 188 cm³/mol. The molecule has 0 saturated heterocycles. The van der Waals surface area contributed by atoms with E-state index in [4.69, 9.17) is 0 Å². The Labute approximate surface area is 270 Å². The second-order valence-corrected chi connectivity index (χ2v) is 19.4. The first-order valence-corrected chi connectivity index (χ1v) is 19.3. The fourth-order valence-corrected chi connectivity index (χ4v) is 15.4. The molecule has 0 bridgehead atoms. The Morgan fingerprint density at radius 2 is 0.325 bits per heavy atom. The van der Waals surface area contributed by atoms with Crippen LogP contribution in [0.5, 0.6) is 0 Å². The van der Waals surface area contributed by atoms with Gasteiger partial charge in [-0.1, -0.05) is 0 Å². The summed E-state index contributed by atoms with van der Waals surface area (Å²) >= 11 is -3.26. The van der Waals surface area contributed by atoms with E-state index in [1.807, 2.05) is 0 Å². The van der Waals surface area contributed by atoms with Crippen LogP contribution in [0.4, 0.5) is 0 Å². The van der Waals surface area contributed by atoms with Gasteiger partial charge in [0.2, 0.25) is 0 Å². The van der Waals surface area contributed by atoms with E-state index in [9.17, 15) is 0 Å². The maximum absolute atomic E-state index is 2.27. The molecular formula is C36H36Ge4. The number of hydrogen-bond acceptors (Lipinski definition) is 0. The van der Waals surface area contributed by atoms with E-state index in [2.05, 4.69) is 182 Å². The molecule has 6 aromatic rings. The third-order valence-corrected chi connectivity index (χ3v) is 17.8. The van der Waals surface area contributed by atoms with Crippen molar-refractivity contribution in [1.29, 1.82) is 0 Å². The number of hydrogen-bond donors (Lipinski definition) is 0. The first-order chi connectivity index (χ1) is 18.9. The molecule has 0 spiro atoms. The van der Waals surface area contributed by atoms with Gasteiger partial charge in [-0.2, -0.15) is 0 Å². The topological polar surface area (TPSA) is 0 Å². The Kier molecular flexibility index (Phi) is 13.9. The Bertz CT molecular complexity index is 1170. The quantitative estimate of drug-likeness (QED) is 0.229. The summed E-state index contributed by atoms with van der Waals surface area (Å²) in [4.78, 5) is 0. The summed E-state index contributed by atoms with van der Waals surface area (Å²) in [7, 11) is 0. The second kappa shape index (κ2) is 17.3. The molecule has 0 aromatic heterocycles. The summed E-state index contributed by atoms with van der Waals surface area (Å²) < 4.78 is 9.00. The Morgan fingerprint density at radius 3 is 0.450 bits per heavy atom. The van der Waals surface area contributed by atoms with Crippen molar-refractivity contribution in [2.45, 2.75) is 0 Å². The predicted octanol–water partition coefficient (Wildman–Crippen LogP) is 2.04. The van der Waals surface area contributed by atoms with E-state index in [-0.39, 0.29) is 35.2 Å². The average Bonchev–Trinajstić information content (AvgIpc) is 3.01. The van der Waals surface area contributed by atoms with Crippen molar-refractivity contribution in [3.8, 4) is 0 Å². The maximum atomic E-state index is 2.27. The van der Waals surface area contributed by atoms with Crippen LogP contribution in [0, 0.1) is 0 Å². The molecule has 0 aliphatic rings. The van der Waals surface area contributed by atoms with E-state index in [1.165, 1.54) is 26.4 Å². The van der Waals surface area contributed by atoms with Crippen LogP contribution in [-0.4, -0.2) is 63.9 Å². The first kappa shape index (κ1) is 32.0. The van der Waals surface area contributed by atoms with Crippen LogP contribution in [-0.2, 0) is 0 Å². The van der Waals surface area contributed by atoms with Gasteiger partial charge in [0.05, 0.1) is 0 Å². The summed E-state index contributed by atoms with van der Waals surface area (Å²) in [6.45, 7) is 0. The van der Waals surface area contributed by atoms with Crippen molar-refractivity contribution in [3.05, 3.63) is 182 Å². The molecule has 6 rings (SSSR count). The van der Waals surface area contributed by atoms with Gasteiger partial charge in [-0.05, 0) is 0 Å². The standard InChI is InChI=1S/2C18H15Ge.2GeH3/c2*1-4-10-16(11-5-1)19(17-12-6-2-7-13-17)18-14-8-3-9-15-18;;/h2*1-15H;2*1H3. The monoisotopic (exact) mass is 764 g/mol. The van der Waals surface area contributed by atoms with Crippen LogP contribution < -0.4 is 26.4 Å². The number of benzene rings is 6. The molecule has 0 aliphatic carbocycles. The van der Waals surface area contributed by atoms with Crippen LogP contribution in [0.2, 0.25) is 0 Å². The molecule has 0 aliphatic heterocycles. The van der Waals surface area contributed by atoms with Gasteiger partial charge in [-0.25, -0.2) is 0 Å². The van der Waals surface area contributed by atoms with E-state index >= 15 is 0 Å². The van der Waals surface area contributed by atoms with Gasteiger partial charge in [-0.15, -0.1) is 0 Å². The Morgan fingerprint density at radius 1 is 0.200 bits per heavy atom. The van der Waals surface area contributed by atoms with E-state index in [0.29, 0.717) is 0 Å². The molecule has 0 atom stereocenters. The minimum absolute atomic E-state index is 0. The summed E-state index contributed by atoms with van der Waals surface area (Å²) in [6.07, 6.45) is 0. The molecule has 196 valence electrons. The minimum atomic E-state index is -1.63. The van der Waals surface area contributed by atoms with Crippen molar-refractivity contribution in [2.75, 3.05) is 0 Å². The summed E-state index contributed by atoms with van der Waals surface area (Å²) in [5, 5.41) is 0. The fraction of sp³-hybridized carbons (Fsp3) is 0. The van der Waals surface area contributed by atoms with Crippen LogP contribution in [0.15, 0.2) is 182 Å². The van der Waals surface area contributed by atoms with Gasteiger partial charge in [0.15, 0.2) is 0 Å². The molecule has 4 radical (unpaired) electrons. The molecular weight excluding hydrogens is 723 g/mol. The molecule has 40 heavy (non-hydrogen) atoms. The van der Waals surface area contributed by atoms with E-state index < -0.39 is 28.7 Å². The van der Waals surface area contributed by atoms with Crippen molar-refractivity contribution >= 4 is 90.3 Å². The molecule has 4 heteroatoms. The number of rotatable bonds is 6. The Balaban J connectivity index is 0.000000210. The van der Waals surface area contributed by atoms with Crippen LogP contribution in [0.25, 0.3) is 0 Å². The third-order valence-electron chi connectivity index (χ3n) is 6.37. The normalized spacial score (nSPS) is 10.1. The van der Waals surface area contributed by atoms with Gasteiger partial charge in [0.1, 0.15) is 0 Å².